The van der Waals surface area contributed by atoms with E-state index in [0.29, 0.717) is 11.8 Å². The monoisotopic (exact) mass is 504 g/mol. The highest BCUT2D eigenvalue weighted by atomic mass is 19.4. The highest BCUT2D eigenvalue weighted by molar-refractivity contribution is 5.37. The average molecular weight is 505 g/mol. The van der Waals surface area contributed by atoms with Crippen LogP contribution in [0.15, 0.2) is 84.9 Å². The summed E-state index contributed by atoms with van der Waals surface area (Å²) in [6.45, 7) is 2.71. The fraction of sp³-hybridized carbons (Fsp3) is 0.400. The van der Waals surface area contributed by atoms with Gasteiger partial charge in [0, 0.05) is 5.92 Å². The summed E-state index contributed by atoms with van der Waals surface area (Å²) < 4.78 is 68.7. The number of halogens is 5. The van der Waals surface area contributed by atoms with Gasteiger partial charge in [-0.25, -0.2) is 0 Å². The number of alkyl halides is 5. The molecule has 0 aromatic heterocycles. The highest BCUT2D eigenvalue weighted by Crippen LogP contribution is 2.39. The van der Waals surface area contributed by atoms with Crippen LogP contribution in [0.4, 0.5) is 22.0 Å². The molecule has 3 aromatic carbocycles. The van der Waals surface area contributed by atoms with E-state index >= 15 is 0 Å². The SMILES string of the molecule is CCC(C)CCC(CC(c1ccccc1)c1ccc(OCC(F)(F)C(F)(F)F)cc1)c1ccccc1. The average Bonchev–Trinajstić information content (AvgIpc) is 2.88. The van der Waals surface area contributed by atoms with Crippen LogP contribution in [0.3, 0.4) is 0 Å². The van der Waals surface area contributed by atoms with Crippen LogP contribution in [-0.2, 0) is 0 Å². The molecule has 0 spiro atoms. The van der Waals surface area contributed by atoms with Crippen LogP contribution in [0.25, 0.3) is 0 Å². The van der Waals surface area contributed by atoms with Crippen LogP contribution in [0.2, 0.25) is 0 Å². The van der Waals surface area contributed by atoms with E-state index in [1.54, 1.807) is 12.1 Å². The molecule has 0 aliphatic carbocycles. The number of ether oxygens (including phenoxy) is 1. The minimum Gasteiger partial charge on any atom is -0.487 e. The third-order valence-electron chi connectivity index (χ3n) is 6.82. The maximum absolute atomic E-state index is 13.3. The second-order valence-electron chi connectivity index (χ2n) is 9.46. The van der Waals surface area contributed by atoms with Gasteiger partial charge >= 0.3 is 12.1 Å². The second kappa shape index (κ2) is 12.4. The second-order valence-corrected chi connectivity index (χ2v) is 9.46. The van der Waals surface area contributed by atoms with Gasteiger partial charge in [0.1, 0.15) is 5.75 Å². The molecule has 3 atom stereocenters. The van der Waals surface area contributed by atoms with Crippen molar-refractivity contribution in [1.29, 1.82) is 0 Å². The van der Waals surface area contributed by atoms with E-state index in [2.05, 4.69) is 38.1 Å². The Morgan fingerprint density at radius 2 is 1.22 bits per heavy atom. The van der Waals surface area contributed by atoms with Crippen LogP contribution < -0.4 is 4.74 Å². The van der Waals surface area contributed by atoms with Gasteiger partial charge in [0.25, 0.3) is 0 Å². The van der Waals surface area contributed by atoms with Crippen molar-refractivity contribution in [2.24, 2.45) is 5.92 Å². The lowest BCUT2D eigenvalue weighted by molar-refractivity contribution is -0.290. The zero-order valence-corrected chi connectivity index (χ0v) is 20.6. The third-order valence-corrected chi connectivity index (χ3v) is 6.82. The smallest absolute Gasteiger partial charge is 0.456 e. The molecule has 0 fully saturated rings. The van der Waals surface area contributed by atoms with E-state index in [1.165, 1.54) is 17.7 Å². The van der Waals surface area contributed by atoms with Crippen molar-refractivity contribution in [2.75, 3.05) is 6.61 Å². The largest absolute Gasteiger partial charge is 0.487 e. The van der Waals surface area contributed by atoms with E-state index < -0.39 is 18.7 Å². The Labute approximate surface area is 210 Å². The molecule has 1 nitrogen and oxygen atoms in total. The van der Waals surface area contributed by atoms with Gasteiger partial charge in [0.05, 0.1) is 0 Å². The zero-order valence-electron chi connectivity index (χ0n) is 20.6. The van der Waals surface area contributed by atoms with Crippen molar-refractivity contribution in [3.63, 3.8) is 0 Å². The minimum absolute atomic E-state index is 0.0223. The van der Waals surface area contributed by atoms with Crippen LogP contribution in [0, 0.1) is 5.92 Å². The fourth-order valence-corrected chi connectivity index (χ4v) is 4.32. The van der Waals surface area contributed by atoms with Crippen LogP contribution in [0.5, 0.6) is 5.75 Å². The number of hydrogen-bond acceptors (Lipinski definition) is 1. The Balaban J connectivity index is 1.84. The number of rotatable bonds is 12. The van der Waals surface area contributed by atoms with Gasteiger partial charge in [-0.3, -0.25) is 0 Å². The van der Waals surface area contributed by atoms with E-state index in [9.17, 15) is 22.0 Å². The molecule has 3 aromatic rings. The lowest BCUT2D eigenvalue weighted by Gasteiger charge is -2.26. The Kier molecular flexibility index (Phi) is 9.52. The third kappa shape index (κ3) is 7.55. The lowest BCUT2D eigenvalue weighted by atomic mass is 9.78. The summed E-state index contributed by atoms with van der Waals surface area (Å²) in [6, 6.07) is 26.9. The normalized spacial score (nSPS) is 14.8. The van der Waals surface area contributed by atoms with E-state index in [4.69, 9.17) is 4.74 Å². The summed E-state index contributed by atoms with van der Waals surface area (Å²) in [5, 5.41) is 0. The van der Waals surface area contributed by atoms with Crippen LogP contribution >= 0.6 is 0 Å². The topological polar surface area (TPSA) is 9.23 Å². The lowest BCUT2D eigenvalue weighted by Crippen LogP contribution is -2.41. The van der Waals surface area contributed by atoms with Crippen molar-refractivity contribution in [2.45, 2.75) is 63.5 Å². The van der Waals surface area contributed by atoms with Crippen molar-refractivity contribution in [1.82, 2.24) is 0 Å². The molecule has 0 heterocycles. The van der Waals surface area contributed by atoms with Crippen molar-refractivity contribution in [3.05, 3.63) is 102 Å². The first-order valence-electron chi connectivity index (χ1n) is 12.4. The molecule has 0 amide bonds. The van der Waals surface area contributed by atoms with E-state index in [0.717, 1.165) is 36.8 Å². The van der Waals surface area contributed by atoms with Gasteiger partial charge in [-0.05, 0) is 53.5 Å². The summed E-state index contributed by atoms with van der Waals surface area (Å²) in [5.74, 6) is -3.97. The molecule has 0 aliphatic rings. The molecular weight excluding hydrogens is 471 g/mol. The number of benzene rings is 3. The molecule has 0 aliphatic heterocycles. The van der Waals surface area contributed by atoms with E-state index in [1.807, 2.05) is 36.4 Å². The number of hydrogen-bond donors (Lipinski definition) is 0. The van der Waals surface area contributed by atoms with Crippen LogP contribution in [-0.4, -0.2) is 18.7 Å². The first kappa shape index (κ1) is 27.7. The maximum Gasteiger partial charge on any atom is 0.456 e. The molecular formula is C30H33F5O. The van der Waals surface area contributed by atoms with E-state index in [-0.39, 0.29) is 11.7 Å². The quantitative estimate of drug-likeness (QED) is 0.223. The van der Waals surface area contributed by atoms with Gasteiger partial charge in [-0.1, -0.05) is 99.5 Å². The van der Waals surface area contributed by atoms with Gasteiger partial charge in [0.2, 0.25) is 0 Å². The molecule has 3 rings (SSSR count). The Bertz CT molecular complexity index is 1030. The van der Waals surface area contributed by atoms with Gasteiger partial charge in [-0.15, -0.1) is 0 Å². The highest BCUT2D eigenvalue weighted by Gasteiger charge is 2.58. The van der Waals surface area contributed by atoms with Crippen molar-refractivity contribution >= 4 is 0 Å². The molecule has 0 saturated heterocycles. The summed E-state index contributed by atoms with van der Waals surface area (Å²) >= 11 is 0. The minimum atomic E-state index is -5.65. The molecule has 6 heteroatoms. The molecule has 3 unspecified atom stereocenters. The van der Waals surface area contributed by atoms with Crippen molar-refractivity contribution in [3.8, 4) is 5.75 Å². The summed E-state index contributed by atoms with van der Waals surface area (Å²) in [5.41, 5.74) is 3.36. The van der Waals surface area contributed by atoms with Gasteiger partial charge in [-0.2, -0.15) is 22.0 Å². The van der Waals surface area contributed by atoms with Crippen molar-refractivity contribution < 1.29 is 26.7 Å². The van der Waals surface area contributed by atoms with Gasteiger partial charge < -0.3 is 4.74 Å². The predicted octanol–water partition coefficient (Wildman–Crippen LogP) is 9.40. The Morgan fingerprint density at radius 1 is 0.694 bits per heavy atom. The first-order chi connectivity index (χ1) is 17.1. The first-order valence-corrected chi connectivity index (χ1v) is 12.4. The Hall–Kier alpha value is -2.89. The zero-order chi connectivity index (χ0) is 26.2. The summed E-state index contributed by atoms with van der Waals surface area (Å²) in [7, 11) is 0. The molecule has 194 valence electrons. The standard InChI is InChI=1S/C30H33F5O/c1-3-22(2)14-15-26(23-10-6-4-7-11-23)20-28(24-12-8-5-9-13-24)25-16-18-27(19-17-25)36-21-29(31,32)30(33,34)35/h4-13,16-19,22,26,28H,3,14-15,20-21H2,1-2H3. The Morgan fingerprint density at radius 3 is 1.75 bits per heavy atom. The molecule has 0 saturated carbocycles. The van der Waals surface area contributed by atoms with Crippen LogP contribution in [0.1, 0.15) is 68.1 Å². The van der Waals surface area contributed by atoms with Gasteiger partial charge in [0.15, 0.2) is 6.61 Å². The summed E-state index contributed by atoms with van der Waals surface area (Å²) in [6.07, 6.45) is -1.53. The molecule has 0 bridgehead atoms. The fourth-order valence-electron chi connectivity index (χ4n) is 4.32. The predicted molar refractivity (Wildman–Crippen MR) is 134 cm³/mol. The molecule has 0 radical (unpaired) electrons. The summed E-state index contributed by atoms with van der Waals surface area (Å²) in [4.78, 5) is 0. The molecule has 0 N–H and O–H groups in total. The molecule has 36 heavy (non-hydrogen) atoms. The maximum atomic E-state index is 13.3.